The third kappa shape index (κ3) is 3.37. The first-order valence-corrected chi connectivity index (χ1v) is 5.97. The molecule has 0 aromatic carbocycles. The van der Waals surface area contributed by atoms with E-state index < -0.39 is 5.60 Å². The van der Waals surface area contributed by atoms with Gasteiger partial charge in [-0.3, -0.25) is 0 Å². The number of hydrogen-bond donors (Lipinski definition) is 1. The molecule has 1 saturated heterocycles. The molecule has 2 atom stereocenters. The molecule has 0 radical (unpaired) electrons. The lowest BCUT2D eigenvalue weighted by atomic mass is 10.0. The van der Waals surface area contributed by atoms with Gasteiger partial charge >= 0.3 is 6.09 Å². The van der Waals surface area contributed by atoms with Gasteiger partial charge in [0.05, 0.1) is 12.6 Å². The Hall–Kier alpha value is -0.770. The Morgan fingerprint density at radius 1 is 1.50 bits per heavy atom. The van der Waals surface area contributed by atoms with Crippen molar-refractivity contribution in [1.82, 2.24) is 4.90 Å². The van der Waals surface area contributed by atoms with Gasteiger partial charge in [-0.1, -0.05) is 13.3 Å². The highest BCUT2D eigenvalue weighted by Crippen LogP contribution is 2.26. The first kappa shape index (κ1) is 13.3. The number of likely N-dealkylation sites (tertiary alicyclic amines) is 1. The molecule has 0 aliphatic carbocycles. The Balaban J connectivity index is 2.61. The summed E-state index contributed by atoms with van der Waals surface area (Å²) >= 11 is 0. The Morgan fingerprint density at radius 2 is 2.12 bits per heavy atom. The number of aliphatic hydroxyl groups excluding tert-OH is 1. The minimum Gasteiger partial charge on any atom is -0.444 e. The van der Waals surface area contributed by atoms with Gasteiger partial charge in [0.25, 0.3) is 0 Å². The van der Waals surface area contributed by atoms with Crippen molar-refractivity contribution in [2.24, 2.45) is 5.92 Å². The predicted octanol–water partition coefficient (Wildman–Crippen LogP) is 2.01. The molecule has 1 unspecified atom stereocenters. The summed E-state index contributed by atoms with van der Waals surface area (Å²) in [4.78, 5) is 13.6. The average Bonchev–Trinajstić information content (AvgIpc) is 2.58. The number of carbonyl (C=O) groups is 1. The molecule has 0 bridgehead atoms. The van der Waals surface area contributed by atoms with E-state index in [1.807, 2.05) is 20.8 Å². The molecule has 0 aromatic heterocycles. The molecule has 4 nitrogen and oxygen atoms in total. The van der Waals surface area contributed by atoms with Gasteiger partial charge in [-0.05, 0) is 33.1 Å². The van der Waals surface area contributed by atoms with Crippen LogP contribution in [0.25, 0.3) is 0 Å². The van der Waals surface area contributed by atoms with Crippen LogP contribution in [0.4, 0.5) is 4.79 Å². The zero-order valence-corrected chi connectivity index (χ0v) is 10.7. The molecule has 1 aliphatic heterocycles. The Bertz CT molecular complexity index is 247. The topological polar surface area (TPSA) is 49.8 Å². The van der Waals surface area contributed by atoms with Crippen molar-refractivity contribution in [3.8, 4) is 0 Å². The lowest BCUT2D eigenvalue weighted by Crippen LogP contribution is -2.41. The fourth-order valence-electron chi connectivity index (χ4n) is 2.03. The maximum Gasteiger partial charge on any atom is 0.410 e. The van der Waals surface area contributed by atoms with Crippen molar-refractivity contribution in [1.29, 1.82) is 0 Å². The van der Waals surface area contributed by atoms with Crippen LogP contribution in [-0.4, -0.2) is 40.9 Å². The van der Waals surface area contributed by atoms with Crippen LogP contribution in [0.2, 0.25) is 0 Å². The van der Waals surface area contributed by atoms with Crippen molar-refractivity contribution in [2.45, 2.75) is 52.2 Å². The molecule has 4 heteroatoms. The molecule has 1 amide bonds. The Kier molecular flexibility index (Phi) is 4.19. The summed E-state index contributed by atoms with van der Waals surface area (Å²) in [5.41, 5.74) is -0.471. The van der Waals surface area contributed by atoms with Crippen LogP contribution in [0.5, 0.6) is 0 Å². The van der Waals surface area contributed by atoms with E-state index in [9.17, 15) is 9.90 Å². The smallest absolute Gasteiger partial charge is 0.410 e. The van der Waals surface area contributed by atoms with Crippen molar-refractivity contribution >= 4 is 6.09 Å². The molecule has 1 N–H and O–H groups in total. The third-order valence-corrected chi connectivity index (χ3v) is 2.92. The highest BCUT2D eigenvalue weighted by Gasteiger charge is 2.36. The van der Waals surface area contributed by atoms with Crippen molar-refractivity contribution in [3.05, 3.63) is 0 Å². The SMILES string of the molecule is CCC1C[C@@H](CO)N(C(=O)OC(C)(C)C)C1. The van der Waals surface area contributed by atoms with E-state index in [2.05, 4.69) is 6.92 Å². The number of ether oxygens (including phenoxy) is 1. The normalized spacial score (nSPS) is 25.9. The highest BCUT2D eigenvalue weighted by molar-refractivity contribution is 5.69. The molecule has 1 fully saturated rings. The van der Waals surface area contributed by atoms with E-state index in [-0.39, 0.29) is 18.7 Å². The van der Waals surface area contributed by atoms with Gasteiger partial charge in [-0.15, -0.1) is 0 Å². The minimum atomic E-state index is -0.471. The number of nitrogens with zero attached hydrogens (tertiary/aromatic N) is 1. The number of rotatable bonds is 2. The molecule has 1 aliphatic rings. The maximum absolute atomic E-state index is 11.9. The second-order valence-corrected chi connectivity index (χ2v) is 5.48. The third-order valence-electron chi connectivity index (χ3n) is 2.92. The van der Waals surface area contributed by atoms with Crippen LogP contribution >= 0.6 is 0 Å². The predicted molar refractivity (Wildman–Crippen MR) is 62.2 cm³/mol. The standard InChI is InChI=1S/C12H23NO3/c1-5-9-6-10(8-14)13(7-9)11(15)16-12(2,3)4/h9-10,14H,5-8H2,1-4H3/t9?,10-/m0/s1. The first-order valence-electron chi connectivity index (χ1n) is 5.97. The molecule has 0 spiro atoms. The number of carbonyl (C=O) groups excluding carboxylic acids is 1. The number of amides is 1. The van der Waals surface area contributed by atoms with E-state index in [1.54, 1.807) is 4.90 Å². The van der Waals surface area contributed by atoms with Crippen molar-refractivity contribution in [3.63, 3.8) is 0 Å². The zero-order chi connectivity index (χ0) is 12.3. The summed E-state index contributed by atoms with van der Waals surface area (Å²) in [7, 11) is 0. The molecular formula is C12H23NO3. The molecule has 94 valence electrons. The summed E-state index contributed by atoms with van der Waals surface area (Å²) in [6, 6.07) is -0.0696. The van der Waals surface area contributed by atoms with Crippen LogP contribution < -0.4 is 0 Å². The first-order chi connectivity index (χ1) is 7.37. The average molecular weight is 229 g/mol. The second kappa shape index (κ2) is 5.04. The summed E-state index contributed by atoms with van der Waals surface area (Å²) in [6.07, 6.45) is 1.62. The van der Waals surface area contributed by atoms with Gasteiger partial charge in [-0.2, -0.15) is 0 Å². The van der Waals surface area contributed by atoms with E-state index >= 15 is 0 Å². The minimum absolute atomic E-state index is 0.0236. The van der Waals surface area contributed by atoms with Crippen LogP contribution in [0.1, 0.15) is 40.5 Å². The molecular weight excluding hydrogens is 206 g/mol. The van der Waals surface area contributed by atoms with Crippen LogP contribution in [-0.2, 0) is 4.74 Å². The number of aliphatic hydroxyl groups is 1. The highest BCUT2D eigenvalue weighted by atomic mass is 16.6. The summed E-state index contributed by atoms with van der Waals surface area (Å²) in [5.74, 6) is 0.490. The number of hydrogen-bond acceptors (Lipinski definition) is 3. The lowest BCUT2D eigenvalue weighted by molar-refractivity contribution is 0.0172. The van der Waals surface area contributed by atoms with Gasteiger partial charge in [0.15, 0.2) is 0 Å². The van der Waals surface area contributed by atoms with Gasteiger partial charge in [0.1, 0.15) is 5.60 Å². The fourth-order valence-corrected chi connectivity index (χ4v) is 2.03. The molecule has 0 aromatic rings. The monoisotopic (exact) mass is 229 g/mol. The summed E-state index contributed by atoms with van der Waals surface area (Å²) < 4.78 is 5.32. The van der Waals surface area contributed by atoms with Gasteiger partial charge in [0, 0.05) is 6.54 Å². The van der Waals surface area contributed by atoms with E-state index in [1.165, 1.54) is 0 Å². The summed E-state index contributed by atoms with van der Waals surface area (Å²) in [6.45, 7) is 8.40. The Morgan fingerprint density at radius 3 is 2.56 bits per heavy atom. The fraction of sp³-hybridized carbons (Fsp3) is 0.917. The van der Waals surface area contributed by atoms with E-state index in [4.69, 9.17) is 4.74 Å². The lowest BCUT2D eigenvalue weighted by Gasteiger charge is -2.27. The maximum atomic E-state index is 11.9. The second-order valence-electron chi connectivity index (χ2n) is 5.48. The van der Waals surface area contributed by atoms with Gasteiger partial charge < -0.3 is 14.7 Å². The quantitative estimate of drug-likeness (QED) is 0.788. The van der Waals surface area contributed by atoms with Crippen LogP contribution in [0, 0.1) is 5.92 Å². The van der Waals surface area contributed by atoms with Crippen LogP contribution in [0.3, 0.4) is 0 Å². The van der Waals surface area contributed by atoms with Gasteiger partial charge in [-0.25, -0.2) is 4.79 Å². The van der Waals surface area contributed by atoms with Crippen molar-refractivity contribution < 1.29 is 14.6 Å². The van der Waals surface area contributed by atoms with E-state index in [0.29, 0.717) is 12.5 Å². The van der Waals surface area contributed by atoms with Crippen LogP contribution in [0.15, 0.2) is 0 Å². The molecule has 1 heterocycles. The molecule has 0 saturated carbocycles. The van der Waals surface area contributed by atoms with Crippen molar-refractivity contribution in [2.75, 3.05) is 13.2 Å². The van der Waals surface area contributed by atoms with Gasteiger partial charge in [0.2, 0.25) is 0 Å². The summed E-state index contributed by atoms with van der Waals surface area (Å²) in [5, 5.41) is 9.25. The largest absolute Gasteiger partial charge is 0.444 e. The Labute approximate surface area is 97.6 Å². The molecule has 1 rings (SSSR count). The molecule has 16 heavy (non-hydrogen) atoms. The zero-order valence-electron chi connectivity index (χ0n) is 10.7. The van der Waals surface area contributed by atoms with E-state index in [0.717, 1.165) is 12.8 Å².